The van der Waals surface area contributed by atoms with Gasteiger partial charge in [0.25, 0.3) is 5.56 Å². The van der Waals surface area contributed by atoms with Crippen LogP contribution in [0, 0.1) is 0 Å². The number of rotatable bonds is 3. The summed E-state index contributed by atoms with van der Waals surface area (Å²) in [6.07, 6.45) is 4.17. The number of nitrogens with one attached hydrogen (secondary N) is 1. The topological polar surface area (TPSA) is 50.2 Å². The molecular weight excluding hydrogens is 323 g/mol. The van der Waals surface area contributed by atoms with Crippen LogP contribution in [0.15, 0.2) is 35.4 Å². The van der Waals surface area contributed by atoms with Gasteiger partial charge < -0.3 is 14.8 Å². The molecule has 1 fully saturated rings. The maximum Gasteiger partial charge on any atom is 0.293 e. The van der Waals surface area contributed by atoms with Crippen LogP contribution < -0.4 is 15.8 Å². The molecule has 0 radical (unpaired) electrons. The first-order valence-electron chi connectivity index (χ1n) is 7.03. The third-order valence-electron chi connectivity index (χ3n) is 3.80. The first kappa shape index (κ1) is 15.2. The lowest BCUT2D eigenvalue weighted by Crippen LogP contribution is -2.30. The summed E-state index contributed by atoms with van der Waals surface area (Å²) < 4.78 is 1.51. The molecule has 0 bridgehead atoms. The van der Waals surface area contributed by atoms with E-state index in [4.69, 9.17) is 23.2 Å². The van der Waals surface area contributed by atoms with Crippen LogP contribution in [-0.4, -0.2) is 28.7 Å². The molecule has 116 valence electrons. The molecule has 1 aromatic carbocycles. The molecule has 0 spiro atoms. The van der Waals surface area contributed by atoms with Gasteiger partial charge in [-0.3, -0.25) is 4.79 Å². The van der Waals surface area contributed by atoms with E-state index in [1.807, 2.05) is 12.1 Å². The Kier molecular flexibility index (Phi) is 4.27. The summed E-state index contributed by atoms with van der Waals surface area (Å²) in [6, 6.07) is 5.66. The summed E-state index contributed by atoms with van der Waals surface area (Å²) in [5.74, 6) is 0.388. The fraction of sp³-hybridized carbons (Fsp3) is 0.333. The zero-order valence-electron chi connectivity index (χ0n) is 12.1. The fourth-order valence-electron chi connectivity index (χ4n) is 2.62. The summed E-state index contributed by atoms with van der Waals surface area (Å²) in [7, 11) is 1.71. The van der Waals surface area contributed by atoms with E-state index in [0.29, 0.717) is 15.9 Å². The minimum Gasteiger partial charge on any atom is -0.368 e. The molecule has 1 saturated heterocycles. The highest BCUT2D eigenvalue weighted by atomic mass is 35.5. The number of halogens is 2. The Morgan fingerprint density at radius 2 is 2.18 bits per heavy atom. The molecule has 1 unspecified atom stereocenters. The number of aromatic nitrogens is 2. The molecule has 1 aromatic heterocycles. The highest BCUT2D eigenvalue weighted by molar-refractivity contribution is 6.36. The maximum absolute atomic E-state index is 12.0. The molecule has 1 atom stereocenters. The number of anilines is 2. The summed E-state index contributed by atoms with van der Waals surface area (Å²) in [6.45, 7) is 1.63. The predicted molar refractivity (Wildman–Crippen MR) is 90.2 cm³/mol. The molecule has 3 rings (SSSR count). The molecule has 0 amide bonds. The van der Waals surface area contributed by atoms with Crippen LogP contribution >= 0.6 is 23.2 Å². The van der Waals surface area contributed by atoms with Crippen LogP contribution in [-0.2, 0) is 7.05 Å². The van der Waals surface area contributed by atoms with Gasteiger partial charge >= 0.3 is 0 Å². The SMILES string of the molecule is Cn1ccnc(NC2CCN(c3ccc(Cl)cc3Cl)C2)c1=O. The van der Waals surface area contributed by atoms with Crippen LogP contribution in [0.1, 0.15) is 6.42 Å². The summed E-state index contributed by atoms with van der Waals surface area (Å²) in [5.41, 5.74) is 0.842. The van der Waals surface area contributed by atoms with E-state index in [9.17, 15) is 4.79 Å². The van der Waals surface area contributed by atoms with Crippen molar-refractivity contribution in [1.82, 2.24) is 9.55 Å². The van der Waals surface area contributed by atoms with E-state index < -0.39 is 0 Å². The largest absolute Gasteiger partial charge is 0.368 e. The standard InChI is InChI=1S/C15H16Cl2N4O/c1-20-7-5-18-14(15(20)22)19-11-4-6-21(9-11)13-3-2-10(16)8-12(13)17/h2-3,5,7-8,11H,4,6,9H2,1H3,(H,18,19). The Bertz CT molecular complexity index is 747. The summed E-state index contributed by atoms with van der Waals surface area (Å²) >= 11 is 12.2. The molecule has 2 heterocycles. The smallest absolute Gasteiger partial charge is 0.293 e. The Morgan fingerprint density at radius 1 is 1.36 bits per heavy atom. The molecular formula is C15H16Cl2N4O. The second-order valence-electron chi connectivity index (χ2n) is 5.36. The first-order valence-corrected chi connectivity index (χ1v) is 7.78. The van der Waals surface area contributed by atoms with Gasteiger partial charge in [-0.15, -0.1) is 0 Å². The zero-order valence-corrected chi connectivity index (χ0v) is 13.6. The molecule has 22 heavy (non-hydrogen) atoms. The Hall–Kier alpha value is -1.72. The van der Waals surface area contributed by atoms with Crippen molar-refractivity contribution in [3.05, 3.63) is 51.0 Å². The average molecular weight is 339 g/mol. The summed E-state index contributed by atoms with van der Waals surface area (Å²) in [4.78, 5) is 18.3. The van der Waals surface area contributed by atoms with Gasteiger partial charge in [-0.25, -0.2) is 4.98 Å². The van der Waals surface area contributed by atoms with Crippen molar-refractivity contribution >= 4 is 34.7 Å². The Labute approximate surface area is 138 Å². The van der Waals surface area contributed by atoms with E-state index >= 15 is 0 Å². The molecule has 0 aliphatic carbocycles. The average Bonchev–Trinajstić information content (AvgIpc) is 2.92. The predicted octanol–water partition coefficient (Wildman–Crippen LogP) is 2.78. The lowest BCUT2D eigenvalue weighted by molar-refractivity contribution is 0.778. The van der Waals surface area contributed by atoms with Crippen LogP contribution in [0.4, 0.5) is 11.5 Å². The lowest BCUT2D eigenvalue weighted by Gasteiger charge is -2.20. The van der Waals surface area contributed by atoms with Gasteiger partial charge in [0.15, 0.2) is 5.82 Å². The van der Waals surface area contributed by atoms with Crippen LogP contribution in [0.5, 0.6) is 0 Å². The van der Waals surface area contributed by atoms with Crippen molar-refractivity contribution < 1.29 is 0 Å². The van der Waals surface area contributed by atoms with Crippen LogP contribution in [0.3, 0.4) is 0 Å². The van der Waals surface area contributed by atoms with Crippen LogP contribution in [0.25, 0.3) is 0 Å². The maximum atomic E-state index is 12.0. The third-order valence-corrected chi connectivity index (χ3v) is 4.33. The van der Waals surface area contributed by atoms with Gasteiger partial charge in [-0.2, -0.15) is 0 Å². The molecule has 7 heteroatoms. The van der Waals surface area contributed by atoms with E-state index in [0.717, 1.165) is 25.2 Å². The minimum absolute atomic E-state index is 0.120. The Balaban J connectivity index is 1.72. The highest BCUT2D eigenvalue weighted by Crippen LogP contribution is 2.31. The van der Waals surface area contributed by atoms with Crippen LogP contribution in [0.2, 0.25) is 10.0 Å². The van der Waals surface area contributed by atoms with Crippen molar-refractivity contribution in [2.45, 2.75) is 12.5 Å². The van der Waals surface area contributed by atoms with E-state index in [1.54, 1.807) is 25.5 Å². The molecule has 5 nitrogen and oxygen atoms in total. The van der Waals surface area contributed by atoms with Crippen molar-refractivity contribution in [3.8, 4) is 0 Å². The van der Waals surface area contributed by atoms with Gasteiger partial charge in [-0.1, -0.05) is 23.2 Å². The number of nitrogens with zero attached hydrogens (tertiary/aromatic N) is 3. The van der Waals surface area contributed by atoms with Gasteiger partial charge in [-0.05, 0) is 24.6 Å². The normalized spacial score (nSPS) is 17.8. The number of benzene rings is 1. The molecule has 2 aromatic rings. The molecule has 1 aliphatic heterocycles. The monoisotopic (exact) mass is 338 g/mol. The van der Waals surface area contributed by atoms with Crippen molar-refractivity contribution in [3.63, 3.8) is 0 Å². The Morgan fingerprint density at radius 3 is 2.95 bits per heavy atom. The van der Waals surface area contributed by atoms with E-state index in [1.165, 1.54) is 4.57 Å². The molecule has 1 aliphatic rings. The first-order chi connectivity index (χ1) is 10.5. The fourth-order valence-corrected chi connectivity index (χ4v) is 3.15. The molecule has 0 saturated carbocycles. The summed E-state index contributed by atoms with van der Waals surface area (Å²) in [5, 5.41) is 4.49. The number of hydrogen-bond donors (Lipinski definition) is 1. The second-order valence-corrected chi connectivity index (χ2v) is 6.21. The van der Waals surface area contributed by atoms with E-state index in [2.05, 4.69) is 15.2 Å². The van der Waals surface area contributed by atoms with Gasteiger partial charge in [0.1, 0.15) is 0 Å². The quantitative estimate of drug-likeness (QED) is 0.934. The van der Waals surface area contributed by atoms with Crippen molar-refractivity contribution in [1.29, 1.82) is 0 Å². The second kappa shape index (κ2) is 6.18. The van der Waals surface area contributed by atoms with Gasteiger partial charge in [0.05, 0.1) is 10.7 Å². The van der Waals surface area contributed by atoms with Gasteiger partial charge in [0.2, 0.25) is 0 Å². The number of aryl methyl sites for hydroxylation is 1. The lowest BCUT2D eigenvalue weighted by atomic mass is 10.2. The number of hydrogen-bond acceptors (Lipinski definition) is 4. The van der Waals surface area contributed by atoms with Crippen molar-refractivity contribution in [2.75, 3.05) is 23.3 Å². The van der Waals surface area contributed by atoms with E-state index in [-0.39, 0.29) is 11.6 Å². The third kappa shape index (κ3) is 3.05. The molecule has 1 N–H and O–H groups in total. The zero-order chi connectivity index (χ0) is 15.7. The van der Waals surface area contributed by atoms with Gasteiger partial charge in [0, 0.05) is 43.6 Å². The highest BCUT2D eigenvalue weighted by Gasteiger charge is 2.25. The minimum atomic E-state index is -0.120. The van der Waals surface area contributed by atoms with Crippen molar-refractivity contribution in [2.24, 2.45) is 7.05 Å².